The van der Waals surface area contributed by atoms with Gasteiger partial charge in [0.15, 0.2) is 0 Å². The first-order chi connectivity index (χ1) is 7.27. The van der Waals surface area contributed by atoms with E-state index in [-0.39, 0.29) is 5.54 Å². The molecule has 1 aliphatic carbocycles. The molecule has 15 heavy (non-hydrogen) atoms. The van der Waals surface area contributed by atoms with Gasteiger partial charge in [-0.1, -0.05) is 70.4 Å². The molecule has 1 unspecified atom stereocenters. The molecule has 0 spiro atoms. The summed E-state index contributed by atoms with van der Waals surface area (Å²) in [6.07, 6.45) is 17.8. The average Bonchev–Trinajstić information content (AvgIpc) is 2.19. The Kier molecular flexibility index (Phi) is 6.00. The molecule has 2 N–H and O–H groups in total. The van der Waals surface area contributed by atoms with Crippen LogP contribution in [0.3, 0.4) is 0 Å². The molecule has 0 aromatic carbocycles. The topological polar surface area (TPSA) is 26.0 Å². The highest BCUT2D eigenvalue weighted by molar-refractivity contribution is 5.17. The van der Waals surface area contributed by atoms with Crippen LogP contribution in [0.15, 0.2) is 12.2 Å². The molecule has 0 heterocycles. The largest absolute Gasteiger partial charge is 0.322 e. The summed E-state index contributed by atoms with van der Waals surface area (Å²) in [6.45, 7) is 2.27. The molecule has 1 aliphatic rings. The number of unbranched alkanes of at least 4 members (excludes halogenated alkanes) is 7. The molecule has 0 radical (unpaired) electrons. The van der Waals surface area contributed by atoms with Crippen LogP contribution in [0, 0.1) is 0 Å². The smallest absolute Gasteiger partial charge is 0.0374 e. The Balaban J connectivity index is 1.79. The molecule has 1 heteroatoms. The zero-order valence-electron chi connectivity index (χ0n) is 10.3. The SMILES string of the molecule is CCCCCCCCCCC1(N)C=CC1. The van der Waals surface area contributed by atoms with E-state index in [9.17, 15) is 0 Å². The molecule has 0 saturated heterocycles. The monoisotopic (exact) mass is 209 g/mol. The van der Waals surface area contributed by atoms with Gasteiger partial charge in [-0.25, -0.2) is 0 Å². The van der Waals surface area contributed by atoms with E-state index in [1.165, 1.54) is 57.8 Å². The van der Waals surface area contributed by atoms with E-state index >= 15 is 0 Å². The zero-order valence-corrected chi connectivity index (χ0v) is 10.3. The van der Waals surface area contributed by atoms with E-state index in [1.807, 2.05) is 0 Å². The maximum Gasteiger partial charge on any atom is 0.0374 e. The first kappa shape index (κ1) is 12.8. The lowest BCUT2D eigenvalue weighted by molar-refractivity contribution is 0.425. The van der Waals surface area contributed by atoms with Crippen LogP contribution >= 0.6 is 0 Å². The van der Waals surface area contributed by atoms with Crippen molar-refractivity contribution in [2.24, 2.45) is 5.73 Å². The maximum atomic E-state index is 6.10. The van der Waals surface area contributed by atoms with E-state index < -0.39 is 0 Å². The highest BCUT2D eigenvalue weighted by atomic mass is 14.7. The Morgan fingerprint density at radius 3 is 2.00 bits per heavy atom. The van der Waals surface area contributed by atoms with Gasteiger partial charge in [0.25, 0.3) is 0 Å². The Morgan fingerprint density at radius 2 is 1.53 bits per heavy atom. The third kappa shape index (κ3) is 5.36. The highest BCUT2D eigenvalue weighted by Crippen LogP contribution is 2.26. The lowest BCUT2D eigenvalue weighted by atomic mass is 9.82. The lowest BCUT2D eigenvalue weighted by Crippen LogP contribution is -2.41. The van der Waals surface area contributed by atoms with E-state index in [1.54, 1.807) is 0 Å². The fraction of sp³-hybridized carbons (Fsp3) is 0.857. The van der Waals surface area contributed by atoms with Crippen molar-refractivity contribution in [2.45, 2.75) is 76.7 Å². The van der Waals surface area contributed by atoms with Crippen molar-refractivity contribution in [2.75, 3.05) is 0 Å². The maximum absolute atomic E-state index is 6.10. The molecular weight excluding hydrogens is 182 g/mol. The van der Waals surface area contributed by atoms with Crippen LogP contribution in [0.4, 0.5) is 0 Å². The number of hydrogen-bond donors (Lipinski definition) is 1. The van der Waals surface area contributed by atoms with Gasteiger partial charge in [-0.3, -0.25) is 0 Å². The Hall–Kier alpha value is -0.300. The second kappa shape index (κ2) is 7.05. The molecule has 0 aromatic rings. The molecule has 1 rings (SSSR count). The zero-order chi connectivity index (χ0) is 11.0. The second-order valence-electron chi connectivity index (χ2n) is 5.06. The predicted octanol–water partition coefficient (Wildman–Crippen LogP) is 4.17. The van der Waals surface area contributed by atoms with Crippen LogP contribution in [0.5, 0.6) is 0 Å². The molecule has 1 atom stereocenters. The second-order valence-corrected chi connectivity index (χ2v) is 5.06. The van der Waals surface area contributed by atoms with Crippen LogP contribution in [0.2, 0.25) is 0 Å². The summed E-state index contributed by atoms with van der Waals surface area (Å²) in [7, 11) is 0. The van der Waals surface area contributed by atoms with E-state index in [4.69, 9.17) is 5.73 Å². The van der Waals surface area contributed by atoms with E-state index in [0.29, 0.717) is 0 Å². The first-order valence-corrected chi connectivity index (χ1v) is 6.73. The van der Waals surface area contributed by atoms with Gasteiger partial charge in [0.05, 0.1) is 0 Å². The van der Waals surface area contributed by atoms with Crippen molar-refractivity contribution in [1.82, 2.24) is 0 Å². The van der Waals surface area contributed by atoms with Crippen LogP contribution in [-0.2, 0) is 0 Å². The third-order valence-electron chi connectivity index (χ3n) is 3.44. The quantitative estimate of drug-likeness (QED) is 0.447. The van der Waals surface area contributed by atoms with Crippen LogP contribution in [0.25, 0.3) is 0 Å². The number of hydrogen-bond acceptors (Lipinski definition) is 1. The minimum absolute atomic E-state index is 0.0855. The highest BCUT2D eigenvalue weighted by Gasteiger charge is 2.24. The van der Waals surface area contributed by atoms with Crippen molar-refractivity contribution in [3.05, 3.63) is 12.2 Å². The minimum atomic E-state index is 0.0855. The van der Waals surface area contributed by atoms with Gasteiger partial charge in [0, 0.05) is 5.54 Å². The fourth-order valence-corrected chi connectivity index (χ4v) is 2.19. The van der Waals surface area contributed by atoms with Gasteiger partial charge in [0.2, 0.25) is 0 Å². The lowest BCUT2D eigenvalue weighted by Gasteiger charge is -2.31. The molecule has 0 saturated carbocycles. The summed E-state index contributed by atoms with van der Waals surface area (Å²) in [6, 6.07) is 0. The number of rotatable bonds is 9. The standard InChI is InChI=1S/C14H27N/c1-2-3-4-5-6-7-8-9-11-14(15)12-10-13-14/h10,12H,2-9,11,13,15H2,1H3. The molecule has 0 aliphatic heterocycles. The summed E-state index contributed by atoms with van der Waals surface area (Å²) in [5, 5.41) is 0. The van der Waals surface area contributed by atoms with Crippen LogP contribution in [-0.4, -0.2) is 5.54 Å². The van der Waals surface area contributed by atoms with Gasteiger partial charge in [-0.2, -0.15) is 0 Å². The van der Waals surface area contributed by atoms with Crippen molar-refractivity contribution in [3.8, 4) is 0 Å². The summed E-state index contributed by atoms with van der Waals surface area (Å²) in [5.41, 5.74) is 6.18. The molecule has 0 fully saturated rings. The van der Waals surface area contributed by atoms with Crippen molar-refractivity contribution < 1.29 is 0 Å². The van der Waals surface area contributed by atoms with E-state index in [0.717, 1.165) is 6.42 Å². The minimum Gasteiger partial charge on any atom is -0.322 e. The predicted molar refractivity (Wildman–Crippen MR) is 67.9 cm³/mol. The average molecular weight is 209 g/mol. The van der Waals surface area contributed by atoms with Crippen molar-refractivity contribution in [1.29, 1.82) is 0 Å². The van der Waals surface area contributed by atoms with Crippen molar-refractivity contribution >= 4 is 0 Å². The summed E-state index contributed by atoms with van der Waals surface area (Å²) in [5.74, 6) is 0. The van der Waals surface area contributed by atoms with Crippen molar-refractivity contribution in [3.63, 3.8) is 0 Å². The number of nitrogens with two attached hydrogens (primary N) is 1. The molecular formula is C14H27N. The van der Waals surface area contributed by atoms with Gasteiger partial charge in [-0.05, 0) is 12.8 Å². The summed E-state index contributed by atoms with van der Waals surface area (Å²) < 4.78 is 0. The fourth-order valence-electron chi connectivity index (χ4n) is 2.19. The molecule has 1 nitrogen and oxygen atoms in total. The Morgan fingerprint density at radius 1 is 1.00 bits per heavy atom. The van der Waals surface area contributed by atoms with Gasteiger partial charge in [-0.15, -0.1) is 0 Å². The molecule has 88 valence electrons. The Bertz CT molecular complexity index is 186. The first-order valence-electron chi connectivity index (χ1n) is 6.73. The normalized spacial score (nSPS) is 24.1. The van der Waals surface area contributed by atoms with Gasteiger partial charge < -0.3 is 5.73 Å². The van der Waals surface area contributed by atoms with Crippen LogP contribution in [0.1, 0.15) is 71.1 Å². The van der Waals surface area contributed by atoms with Crippen LogP contribution < -0.4 is 5.73 Å². The Labute approximate surface area is 95.1 Å². The summed E-state index contributed by atoms with van der Waals surface area (Å²) >= 11 is 0. The molecule has 0 bridgehead atoms. The molecule has 0 aromatic heterocycles. The van der Waals surface area contributed by atoms with Gasteiger partial charge in [0.1, 0.15) is 0 Å². The molecule has 0 amide bonds. The van der Waals surface area contributed by atoms with Gasteiger partial charge >= 0.3 is 0 Å². The third-order valence-corrected chi connectivity index (χ3v) is 3.44. The summed E-state index contributed by atoms with van der Waals surface area (Å²) in [4.78, 5) is 0. The van der Waals surface area contributed by atoms with E-state index in [2.05, 4.69) is 19.1 Å².